The molecule has 0 unspecified atom stereocenters. The molecule has 3 aromatic rings. The van der Waals surface area contributed by atoms with Gasteiger partial charge in [0.1, 0.15) is 6.07 Å². The molecule has 0 saturated heterocycles. The molecule has 0 radical (unpaired) electrons. The van der Waals surface area contributed by atoms with E-state index in [9.17, 15) is 5.26 Å². The van der Waals surface area contributed by atoms with Gasteiger partial charge < -0.3 is 0 Å². The van der Waals surface area contributed by atoms with Crippen LogP contribution >= 0.6 is 0 Å². The number of nitriles is 1. The van der Waals surface area contributed by atoms with Crippen LogP contribution in [0.4, 0.5) is 0 Å². The molecule has 4 heteroatoms. The average Bonchev–Trinajstić information content (AvgIpc) is 2.97. The van der Waals surface area contributed by atoms with Crippen LogP contribution in [0.2, 0.25) is 0 Å². The first kappa shape index (κ1) is 15.9. The molecule has 0 aliphatic rings. The third kappa shape index (κ3) is 3.21. The number of rotatable bonds is 4. The van der Waals surface area contributed by atoms with Crippen molar-refractivity contribution in [2.24, 2.45) is 0 Å². The van der Waals surface area contributed by atoms with Crippen molar-refractivity contribution < 1.29 is 0 Å². The molecule has 0 saturated carbocycles. The number of nitrogens with zero attached hydrogens (tertiary/aromatic N) is 4. The van der Waals surface area contributed by atoms with E-state index in [1.165, 1.54) is 16.7 Å². The normalized spacial score (nSPS) is 10.6. The average molecular weight is 316 g/mol. The molecule has 0 spiro atoms. The van der Waals surface area contributed by atoms with Crippen molar-refractivity contribution in [2.45, 2.75) is 33.6 Å². The number of hydrogen-bond acceptors (Lipinski definition) is 3. The highest BCUT2D eigenvalue weighted by Crippen LogP contribution is 2.19. The van der Waals surface area contributed by atoms with Crippen LogP contribution in [0.3, 0.4) is 0 Å². The number of aryl methyl sites for hydroxylation is 4. The van der Waals surface area contributed by atoms with Crippen LogP contribution in [0, 0.1) is 32.1 Å². The summed E-state index contributed by atoms with van der Waals surface area (Å²) in [6.07, 6.45) is 1.58. The van der Waals surface area contributed by atoms with Gasteiger partial charge in [-0.3, -0.25) is 0 Å². The molecular formula is C20H20N4. The summed E-state index contributed by atoms with van der Waals surface area (Å²) < 4.78 is 1.81. The summed E-state index contributed by atoms with van der Waals surface area (Å²) in [6.45, 7) is 6.20. The molecule has 4 nitrogen and oxygen atoms in total. The molecule has 3 rings (SSSR count). The Morgan fingerprint density at radius 3 is 2.33 bits per heavy atom. The number of hydrogen-bond donors (Lipinski definition) is 0. The quantitative estimate of drug-likeness (QED) is 0.734. The summed E-state index contributed by atoms with van der Waals surface area (Å²) in [4.78, 5) is 0. The van der Waals surface area contributed by atoms with Gasteiger partial charge in [-0.05, 0) is 50.8 Å². The standard InChI is InChI=1S/C20H20N4/c1-14-4-7-17(8-5-14)9-11-20-18(13-21)22-23-24(20)19-10-6-15(2)12-16(19)3/h4-8,10,12H,9,11H2,1-3H3. The van der Waals surface area contributed by atoms with E-state index in [1.54, 1.807) is 0 Å². The molecule has 1 heterocycles. The monoisotopic (exact) mass is 316 g/mol. The Morgan fingerprint density at radius 1 is 0.958 bits per heavy atom. The van der Waals surface area contributed by atoms with E-state index in [2.05, 4.69) is 73.6 Å². The van der Waals surface area contributed by atoms with E-state index >= 15 is 0 Å². The molecule has 0 aliphatic heterocycles. The van der Waals surface area contributed by atoms with Crippen LogP contribution in [0.5, 0.6) is 0 Å². The molecule has 0 fully saturated rings. The Labute approximate surface area is 142 Å². The fraction of sp³-hybridized carbons (Fsp3) is 0.250. The van der Waals surface area contributed by atoms with Gasteiger partial charge in [0.15, 0.2) is 5.69 Å². The van der Waals surface area contributed by atoms with E-state index in [0.717, 1.165) is 29.8 Å². The highest BCUT2D eigenvalue weighted by atomic mass is 15.4. The van der Waals surface area contributed by atoms with Gasteiger partial charge in [-0.2, -0.15) is 5.26 Å². The van der Waals surface area contributed by atoms with Gasteiger partial charge in [0.2, 0.25) is 0 Å². The maximum Gasteiger partial charge on any atom is 0.186 e. The van der Waals surface area contributed by atoms with Gasteiger partial charge >= 0.3 is 0 Å². The Balaban J connectivity index is 1.93. The highest BCUT2D eigenvalue weighted by Gasteiger charge is 2.15. The van der Waals surface area contributed by atoms with Crippen molar-refractivity contribution in [3.63, 3.8) is 0 Å². The molecule has 0 atom stereocenters. The zero-order valence-electron chi connectivity index (χ0n) is 14.2. The largest absolute Gasteiger partial charge is 0.216 e. The Kier molecular flexibility index (Phi) is 4.43. The Bertz CT molecular complexity index is 898. The van der Waals surface area contributed by atoms with E-state index in [0.29, 0.717) is 5.69 Å². The molecule has 0 N–H and O–H groups in total. The number of benzene rings is 2. The van der Waals surface area contributed by atoms with Crippen molar-refractivity contribution in [3.05, 3.63) is 76.1 Å². The first-order valence-corrected chi connectivity index (χ1v) is 8.06. The van der Waals surface area contributed by atoms with Crippen LogP contribution in [0.25, 0.3) is 5.69 Å². The van der Waals surface area contributed by atoms with Crippen molar-refractivity contribution in [1.29, 1.82) is 5.26 Å². The second-order valence-electron chi connectivity index (χ2n) is 6.18. The highest BCUT2D eigenvalue weighted by molar-refractivity contribution is 5.44. The second-order valence-corrected chi connectivity index (χ2v) is 6.18. The van der Waals surface area contributed by atoms with Gasteiger partial charge in [0.05, 0.1) is 11.4 Å². The summed E-state index contributed by atoms with van der Waals surface area (Å²) in [5, 5.41) is 17.6. The lowest BCUT2D eigenvalue weighted by atomic mass is 10.1. The van der Waals surface area contributed by atoms with Crippen LogP contribution in [0.15, 0.2) is 42.5 Å². The first-order valence-electron chi connectivity index (χ1n) is 8.06. The topological polar surface area (TPSA) is 54.5 Å². The van der Waals surface area contributed by atoms with Gasteiger partial charge in [0.25, 0.3) is 0 Å². The molecular weight excluding hydrogens is 296 g/mol. The molecule has 1 aromatic heterocycles. The molecule has 2 aromatic carbocycles. The third-order valence-corrected chi connectivity index (χ3v) is 4.22. The van der Waals surface area contributed by atoms with Crippen molar-refractivity contribution >= 4 is 0 Å². The second kappa shape index (κ2) is 6.67. The molecule has 120 valence electrons. The van der Waals surface area contributed by atoms with Gasteiger partial charge in [0, 0.05) is 0 Å². The summed E-state index contributed by atoms with van der Waals surface area (Å²) in [6, 6.07) is 16.9. The zero-order valence-corrected chi connectivity index (χ0v) is 14.2. The minimum absolute atomic E-state index is 0.405. The predicted octanol–water partition coefficient (Wildman–Crippen LogP) is 3.85. The fourth-order valence-corrected chi connectivity index (χ4v) is 2.87. The van der Waals surface area contributed by atoms with Crippen LogP contribution in [-0.2, 0) is 12.8 Å². The molecule has 0 bridgehead atoms. The van der Waals surface area contributed by atoms with Crippen molar-refractivity contribution in [3.8, 4) is 11.8 Å². The zero-order chi connectivity index (χ0) is 17.1. The van der Waals surface area contributed by atoms with Crippen LogP contribution < -0.4 is 0 Å². The number of aromatic nitrogens is 3. The Morgan fingerprint density at radius 2 is 1.67 bits per heavy atom. The smallest absolute Gasteiger partial charge is 0.186 e. The van der Waals surface area contributed by atoms with E-state index in [1.807, 2.05) is 10.7 Å². The minimum atomic E-state index is 0.405. The lowest BCUT2D eigenvalue weighted by molar-refractivity contribution is 0.748. The van der Waals surface area contributed by atoms with Crippen LogP contribution in [-0.4, -0.2) is 15.0 Å². The SMILES string of the molecule is Cc1ccc(CCc2c(C#N)nnn2-c2ccc(C)cc2C)cc1. The maximum atomic E-state index is 9.36. The predicted molar refractivity (Wildman–Crippen MR) is 94.1 cm³/mol. The van der Waals surface area contributed by atoms with E-state index < -0.39 is 0 Å². The fourth-order valence-electron chi connectivity index (χ4n) is 2.87. The minimum Gasteiger partial charge on any atom is -0.216 e. The summed E-state index contributed by atoms with van der Waals surface area (Å²) in [7, 11) is 0. The van der Waals surface area contributed by atoms with Crippen molar-refractivity contribution in [1.82, 2.24) is 15.0 Å². The van der Waals surface area contributed by atoms with Gasteiger partial charge in [-0.1, -0.05) is 52.7 Å². The summed E-state index contributed by atoms with van der Waals surface area (Å²) >= 11 is 0. The molecule has 0 aliphatic carbocycles. The van der Waals surface area contributed by atoms with Crippen molar-refractivity contribution in [2.75, 3.05) is 0 Å². The third-order valence-electron chi connectivity index (χ3n) is 4.22. The lowest BCUT2D eigenvalue weighted by Gasteiger charge is -2.10. The van der Waals surface area contributed by atoms with Crippen LogP contribution in [0.1, 0.15) is 33.6 Å². The maximum absolute atomic E-state index is 9.36. The van der Waals surface area contributed by atoms with Gasteiger partial charge in [-0.25, -0.2) is 4.68 Å². The summed E-state index contributed by atoms with van der Waals surface area (Å²) in [5.41, 5.74) is 7.08. The van der Waals surface area contributed by atoms with Gasteiger partial charge in [-0.15, -0.1) is 5.10 Å². The van der Waals surface area contributed by atoms with E-state index in [-0.39, 0.29) is 0 Å². The van der Waals surface area contributed by atoms with E-state index in [4.69, 9.17) is 0 Å². The summed E-state index contributed by atoms with van der Waals surface area (Å²) in [5.74, 6) is 0. The Hall–Kier alpha value is -2.93. The molecule has 0 amide bonds. The lowest BCUT2D eigenvalue weighted by Crippen LogP contribution is -2.06. The molecule has 24 heavy (non-hydrogen) atoms. The first-order chi connectivity index (χ1) is 11.6.